The number of carbonyl (C=O) groups is 1. The number of hydrogen-bond acceptors (Lipinski definition) is 5. The highest BCUT2D eigenvalue weighted by atomic mass is 16.5. The molecule has 0 aliphatic rings. The summed E-state index contributed by atoms with van der Waals surface area (Å²) >= 11 is 0. The predicted molar refractivity (Wildman–Crippen MR) is 151 cm³/mol. The Morgan fingerprint density at radius 3 is 1.86 bits per heavy atom. The minimum Gasteiger partial charge on any atom is -0.493 e. The van der Waals surface area contributed by atoms with Crippen LogP contribution in [0.1, 0.15) is 95.4 Å². The van der Waals surface area contributed by atoms with E-state index in [1.54, 1.807) is 0 Å². The van der Waals surface area contributed by atoms with Crippen molar-refractivity contribution in [1.29, 1.82) is 0 Å². The van der Waals surface area contributed by atoms with E-state index in [1.165, 1.54) is 18.2 Å². The molecule has 2 aromatic carbocycles. The van der Waals surface area contributed by atoms with Gasteiger partial charge in [0.2, 0.25) is 0 Å². The monoisotopic (exact) mass is 512 g/mol. The first kappa shape index (κ1) is 30.7. The van der Waals surface area contributed by atoms with Crippen LogP contribution in [-0.4, -0.2) is 37.5 Å². The van der Waals surface area contributed by atoms with Crippen LogP contribution in [0.5, 0.6) is 11.5 Å². The summed E-state index contributed by atoms with van der Waals surface area (Å²) in [5, 5.41) is 10.4. The van der Waals surface area contributed by atoms with Crippen LogP contribution in [0.15, 0.2) is 36.4 Å². The van der Waals surface area contributed by atoms with Crippen molar-refractivity contribution >= 4 is 5.97 Å². The Kier molecular flexibility index (Phi) is 11.5. The summed E-state index contributed by atoms with van der Waals surface area (Å²) in [6.07, 6.45) is 4.56. The van der Waals surface area contributed by atoms with Crippen LogP contribution >= 0.6 is 0 Å². The highest BCUT2D eigenvalue weighted by molar-refractivity contribution is 5.68. The van der Waals surface area contributed by atoms with Gasteiger partial charge in [0, 0.05) is 11.8 Å². The van der Waals surface area contributed by atoms with Crippen LogP contribution < -0.4 is 9.47 Å². The molecule has 5 nitrogen and oxygen atoms in total. The molecule has 37 heavy (non-hydrogen) atoms. The molecular formula is C32H48O5. The summed E-state index contributed by atoms with van der Waals surface area (Å²) in [5.74, 6) is 1.58. The normalized spacial score (nSPS) is 12.8. The first-order chi connectivity index (χ1) is 17.5. The lowest BCUT2D eigenvalue weighted by molar-refractivity contribution is -0.140. The topological polar surface area (TPSA) is 65.0 Å². The second-order valence-electron chi connectivity index (χ2n) is 11.2. The van der Waals surface area contributed by atoms with Gasteiger partial charge in [0.05, 0.1) is 19.8 Å². The number of carbonyl (C=O) groups excluding carboxylic acids is 1. The molecule has 0 spiro atoms. The van der Waals surface area contributed by atoms with Gasteiger partial charge in [-0.05, 0) is 85.8 Å². The Balaban J connectivity index is 2.13. The van der Waals surface area contributed by atoms with Crippen molar-refractivity contribution in [2.45, 2.75) is 98.5 Å². The largest absolute Gasteiger partial charge is 0.493 e. The number of rotatable bonds is 14. The summed E-state index contributed by atoms with van der Waals surface area (Å²) < 4.78 is 16.7. The van der Waals surface area contributed by atoms with Crippen molar-refractivity contribution in [2.75, 3.05) is 20.3 Å². The molecule has 0 fully saturated rings. The Morgan fingerprint density at radius 1 is 0.865 bits per heavy atom. The molecule has 0 saturated heterocycles. The van der Waals surface area contributed by atoms with Crippen LogP contribution in [0, 0.1) is 19.3 Å². The van der Waals surface area contributed by atoms with Crippen LogP contribution in [0.2, 0.25) is 0 Å². The quantitative estimate of drug-likeness (QED) is 0.212. The summed E-state index contributed by atoms with van der Waals surface area (Å²) in [6.45, 7) is 15.6. The zero-order chi connectivity index (χ0) is 27.6. The van der Waals surface area contributed by atoms with Gasteiger partial charge in [-0.3, -0.25) is 4.79 Å². The Hall–Kier alpha value is -2.53. The summed E-state index contributed by atoms with van der Waals surface area (Å²) in [6, 6.07) is 13.0. The molecule has 0 saturated carbocycles. The fourth-order valence-electron chi connectivity index (χ4n) is 4.70. The van der Waals surface area contributed by atoms with Gasteiger partial charge in [-0.25, -0.2) is 0 Å². The highest BCUT2D eigenvalue weighted by Gasteiger charge is 2.32. The summed E-state index contributed by atoms with van der Waals surface area (Å²) in [5.41, 5.74) is 4.45. The SMILES string of the molecule is CCC(CC)(c1ccc(OCCCCCC(=O)OC)c(C)c1)c1ccc(OCC(O)C(C)(C)C)c(C)c1. The zero-order valence-electron chi connectivity index (χ0n) is 24.3. The molecule has 0 radical (unpaired) electrons. The fraction of sp³-hybridized carbons (Fsp3) is 0.594. The molecule has 2 aromatic rings. The molecule has 0 amide bonds. The average molecular weight is 513 g/mol. The van der Waals surface area contributed by atoms with Gasteiger partial charge in [0.15, 0.2) is 0 Å². The maximum atomic E-state index is 11.2. The number of unbranched alkanes of at least 4 members (excludes halogenated alkanes) is 2. The molecule has 1 unspecified atom stereocenters. The van der Waals surface area contributed by atoms with Crippen LogP contribution in [0.3, 0.4) is 0 Å². The molecule has 0 bridgehead atoms. The van der Waals surface area contributed by atoms with Crippen molar-refractivity contribution < 1.29 is 24.1 Å². The van der Waals surface area contributed by atoms with Gasteiger partial charge in [-0.2, -0.15) is 0 Å². The number of methoxy groups -OCH3 is 1. The number of hydrogen-bond donors (Lipinski definition) is 1. The lowest BCUT2D eigenvalue weighted by atomic mass is 9.70. The number of aliphatic hydroxyl groups excluding tert-OH is 1. The van der Waals surface area contributed by atoms with Crippen molar-refractivity contribution in [1.82, 2.24) is 0 Å². The van der Waals surface area contributed by atoms with E-state index in [9.17, 15) is 9.90 Å². The first-order valence-corrected chi connectivity index (χ1v) is 13.7. The van der Waals surface area contributed by atoms with Gasteiger partial charge < -0.3 is 19.3 Å². The molecule has 0 aliphatic heterocycles. The van der Waals surface area contributed by atoms with E-state index in [0.717, 1.165) is 54.7 Å². The van der Waals surface area contributed by atoms with Crippen molar-refractivity contribution in [3.63, 3.8) is 0 Å². The second-order valence-corrected chi connectivity index (χ2v) is 11.2. The molecule has 5 heteroatoms. The second kappa shape index (κ2) is 13.9. The number of aliphatic hydroxyl groups is 1. The number of ether oxygens (including phenoxy) is 3. The lowest BCUT2D eigenvalue weighted by Gasteiger charge is -2.34. The minimum absolute atomic E-state index is 0.106. The Morgan fingerprint density at radius 2 is 1.41 bits per heavy atom. The molecule has 2 rings (SSSR count). The summed E-state index contributed by atoms with van der Waals surface area (Å²) in [7, 11) is 1.43. The number of esters is 1. The van der Waals surface area contributed by atoms with E-state index in [1.807, 2.05) is 26.8 Å². The molecule has 206 valence electrons. The van der Waals surface area contributed by atoms with E-state index in [4.69, 9.17) is 9.47 Å². The molecule has 1 atom stereocenters. The van der Waals surface area contributed by atoms with E-state index in [-0.39, 0.29) is 23.4 Å². The zero-order valence-corrected chi connectivity index (χ0v) is 24.3. The number of benzene rings is 2. The fourth-order valence-corrected chi connectivity index (χ4v) is 4.70. The van der Waals surface area contributed by atoms with Gasteiger partial charge in [-0.1, -0.05) is 58.9 Å². The van der Waals surface area contributed by atoms with Crippen molar-refractivity contribution in [3.8, 4) is 11.5 Å². The van der Waals surface area contributed by atoms with Crippen LogP contribution in [0.4, 0.5) is 0 Å². The van der Waals surface area contributed by atoms with E-state index in [2.05, 4.69) is 62.8 Å². The lowest BCUT2D eigenvalue weighted by Crippen LogP contribution is -2.32. The molecular weight excluding hydrogens is 464 g/mol. The minimum atomic E-state index is -0.527. The Bertz CT molecular complexity index is 1000. The maximum Gasteiger partial charge on any atom is 0.305 e. The van der Waals surface area contributed by atoms with Crippen LogP contribution in [0.25, 0.3) is 0 Å². The van der Waals surface area contributed by atoms with E-state index < -0.39 is 6.10 Å². The molecule has 1 N–H and O–H groups in total. The third kappa shape index (κ3) is 8.23. The van der Waals surface area contributed by atoms with E-state index >= 15 is 0 Å². The molecule has 0 heterocycles. The van der Waals surface area contributed by atoms with Gasteiger partial charge >= 0.3 is 5.97 Å². The van der Waals surface area contributed by atoms with Gasteiger partial charge in [-0.15, -0.1) is 0 Å². The van der Waals surface area contributed by atoms with E-state index in [0.29, 0.717) is 13.0 Å². The number of aryl methyl sites for hydroxylation is 2. The maximum absolute atomic E-state index is 11.2. The standard InChI is InChI=1S/C32H48O5/c1-9-32(10-2,26-16-18-28(24(4)21-26)37-22-29(33)31(5,6)7)25-15-17-27(23(3)20-25)36-19-13-11-12-14-30(34)35-8/h15-18,20-21,29,33H,9-14,19,22H2,1-8H3. The van der Waals surface area contributed by atoms with Crippen molar-refractivity contribution in [2.24, 2.45) is 5.41 Å². The average Bonchev–Trinajstić information content (AvgIpc) is 2.86. The predicted octanol–water partition coefficient (Wildman–Crippen LogP) is 7.31. The highest BCUT2D eigenvalue weighted by Crippen LogP contribution is 2.41. The van der Waals surface area contributed by atoms with Crippen LogP contribution in [-0.2, 0) is 14.9 Å². The first-order valence-electron chi connectivity index (χ1n) is 13.7. The third-order valence-corrected chi connectivity index (χ3v) is 7.57. The van der Waals surface area contributed by atoms with Gasteiger partial charge in [0.1, 0.15) is 18.1 Å². The summed E-state index contributed by atoms with van der Waals surface area (Å²) in [4.78, 5) is 11.2. The van der Waals surface area contributed by atoms with Crippen molar-refractivity contribution in [3.05, 3.63) is 58.7 Å². The molecule has 0 aliphatic carbocycles. The Labute approximate surface area is 224 Å². The molecule has 0 aromatic heterocycles. The smallest absolute Gasteiger partial charge is 0.305 e. The van der Waals surface area contributed by atoms with Gasteiger partial charge in [0.25, 0.3) is 0 Å². The third-order valence-electron chi connectivity index (χ3n) is 7.57.